The van der Waals surface area contributed by atoms with Gasteiger partial charge in [-0.1, -0.05) is 0 Å². The monoisotopic (exact) mass is 460 g/mol. The predicted octanol–water partition coefficient (Wildman–Crippen LogP) is 1.47. The largest absolute Gasteiger partial charge is 0.352 e. The van der Waals surface area contributed by atoms with E-state index in [9.17, 15) is 20.2 Å². The highest BCUT2D eigenvalue weighted by molar-refractivity contribution is 6.28. The molecule has 172 valence electrons. The van der Waals surface area contributed by atoms with Crippen molar-refractivity contribution in [3.8, 4) is 0 Å². The third kappa shape index (κ3) is 4.62. The van der Waals surface area contributed by atoms with Crippen molar-refractivity contribution in [3.05, 3.63) is 43.0 Å². The summed E-state index contributed by atoms with van der Waals surface area (Å²) in [6.45, 7) is 3.90. The van der Waals surface area contributed by atoms with Crippen LogP contribution in [0.25, 0.3) is 0 Å². The van der Waals surface area contributed by atoms with Gasteiger partial charge in [0, 0.05) is 51.9 Å². The lowest BCUT2D eigenvalue weighted by Crippen LogP contribution is -2.51. The lowest BCUT2D eigenvalue weighted by molar-refractivity contribution is -0.430. The van der Waals surface area contributed by atoms with Gasteiger partial charge in [0.15, 0.2) is 17.4 Å². The zero-order valence-electron chi connectivity index (χ0n) is 17.0. The van der Waals surface area contributed by atoms with E-state index in [1.807, 2.05) is 9.80 Å². The van der Waals surface area contributed by atoms with E-state index in [2.05, 4.69) is 0 Å². The summed E-state index contributed by atoms with van der Waals surface area (Å²) in [7, 11) is 0. The number of halogens is 1. The Morgan fingerprint density at radius 1 is 0.774 bits per heavy atom. The second-order valence-electron chi connectivity index (χ2n) is 7.88. The van der Waals surface area contributed by atoms with E-state index < -0.39 is 32.3 Å². The zero-order valence-corrected chi connectivity index (χ0v) is 17.8. The first-order valence-electron chi connectivity index (χ1n) is 10.3. The Morgan fingerprint density at radius 3 is 1.48 bits per heavy atom. The summed E-state index contributed by atoms with van der Waals surface area (Å²) in [6.07, 6.45) is 2.98. The number of rotatable bonds is 5. The maximum absolute atomic E-state index is 12.0. The highest BCUT2D eigenvalue weighted by Gasteiger charge is 2.45. The molecule has 0 aromatic heterocycles. The van der Waals surface area contributed by atoms with Gasteiger partial charge in [0.05, 0.1) is 36.3 Å². The average molecular weight is 461 g/mol. The summed E-state index contributed by atoms with van der Waals surface area (Å²) < 4.78 is 23.0. The minimum Gasteiger partial charge on any atom is -0.352 e. The van der Waals surface area contributed by atoms with Gasteiger partial charge in [0.1, 0.15) is 6.08 Å². The molecule has 4 aliphatic rings. The van der Waals surface area contributed by atoms with Crippen LogP contribution in [0.2, 0.25) is 0 Å². The van der Waals surface area contributed by atoms with E-state index in [4.69, 9.17) is 30.5 Å². The molecule has 2 spiro atoms. The van der Waals surface area contributed by atoms with Gasteiger partial charge >= 0.3 is 10.9 Å². The lowest BCUT2D eigenvalue weighted by Gasteiger charge is -2.45. The SMILES string of the molecule is O=[N+]([O-])C(/C=C(\Cl)[N+](=O)[O-])=C(N1CCC2(CC1)OCCO2)N1CCC2(CC1)OCCO2. The highest BCUT2D eigenvalue weighted by atomic mass is 35.5. The Balaban J connectivity index is 1.62. The fraction of sp³-hybridized carbons (Fsp3) is 0.778. The van der Waals surface area contributed by atoms with Gasteiger partial charge in [-0.3, -0.25) is 20.2 Å². The molecule has 0 radical (unpaired) electrons. The molecule has 0 saturated carbocycles. The molecule has 0 atom stereocenters. The quantitative estimate of drug-likeness (QED) is 0.257. The number of hydrogen-bond acceptors (Lipinski definition) is 10. The first kappa shape index (κ1) is 22.2. The predicted molar refractivity (Wildman–Crippen MR) is 106 cm³/mol. The van der Waals surface area contributed by atoms with Gasteiger partial charge in [-0.05, 0) is 11.6 Å². The summed E-state index contributed by atoms with van der Waals surface area (Å²) in [5.74, 6) is -0.990. The molecule has 0 bridgehead atoms. The summed E-state index contributed by atoms with van der Waals surface area (Å²) >= 11 is 5.68. The number of hydrogen-bond donors (Lipinski definition) is 0. The van der Waals surface area contributed by atoms with E-state index in [0.717, 1.165) is 6.08 Å². The third-order valence-corrected chi connectivity index (χ3v) is 6.38. The van der Waals surface area contributed by atoms with E-state index >= 15 is 0 Å². The molecule has 12 nitrogen and oxygen atoms in total. The van der Waals surface area contributed by atoms with Crippen molar-refractivity contribution in [1.29, 1.82) is 0 Å². The highest BCUT2D eigenvalue weighted by Crippen LogP contribution is 2.37. The van der Waals surface area contributed by atoms with Crippen molar-refractivity contribution in [3.63, 3.8) is 0 Å². The van der Waals surface area contributed by atoms with Crippen LogP contribution < -0.4 is 0 Å². The summed E-state index contributed by atoms with van der Waals surface area (Å²) in [6, 6.07) is 0. The molecule has 0 unspecified atom stereocenters. The van der Waals surface area contributed by atoms with Crippen molar-refractivity contribution in [1.82, 2.24) is 9.80 Å². The Kier molecular flexibility index (Phi) is 6.35. The number of likely N-dealkylation sites (tertiary alicyclic amines) is 2. The van der Waals surface area contributed by atoms with Crippen molar-refractivity contribution < 1.29 is 28.8 Å². The minimum atomic E-state index is -0.848. The zero-order chi connectivity index (χ0) is 22.1. The standard InChI is InChI=1S/C18H25ClN4O8/c19-15(23(26)27)13-14(22(24)25)16(20-5-1-17(2-6-20)28-9-10-29-17)21-7-3-18(4-8-21)30-11-12-31-18/h13H,1-12H2/b15-13+. The topological polar surface area (TPSA) is 130 Å². The van der Waals surface area contributed by atoms with E-state index in [0.29, 0.717) is 84.1 Å². The molecular weight excluding hydrogens is 436 g/mol. The van der Waals surface area contributed by atoms with Crippen LogP contribution in [0.15, 0.2) is 22.8 Å². The normalized spacial score (nSPS) is 25.3. The molecule has 13 heteroatoms. The first-order valence-corrected chi connectivity index (χ1v) is 10.7. The van der Waals surface area contributed by atoms with Crippen LogP contribution in [0.3, 0.4) is 0 Å². The van der Waals surface area contributed by atoms with Crippen LogP contribution in [-0.2, 0) is 18.9 Å². The second-order valence-corrected chi connectivity index (χ2v) is 8.27. The smallest absolute Gasteiger partial charge is 0.344 e. The van der Waals surface area contributed by atoms with Crippen molar-refractivity contribution in [2.75, 3.05) is 52.6 Å². The average Bonchev–Trinajstić information content (AvgIpc) is 3.40. The van der Waals surface area contributed by atoms with Crippen LogP contribution in [0.5, 0.6) is 0 Å². The molecule has 0 aliphatic carbocycles. The number of ether oxygens (including phenoxy) is 4. The minimum absolute atomic E-state index is 0.311. The fourth-order valence-corrected chi connectivity index (χ4v) is 4.68. The lowest BCUT2D eigenvalue weighted by atomic mass is 10.0. The summed E-state index contributed by atoms with van der Waals surface area (Å²) in [4.78, 5) is 25.2. The first-order chi connectivity index (χ1) is 14.8. The van der Waals surface area contributed by atoms with Gasteiger partial charge in [0.2, 0.25) is 0 Å². The van der Waals surface area contributed by atoms with E-state index in [1.54, 1.807) is 0 Å². The Bertz CT molecular complexity index is 733. The Labute approximate surface area is 183 Å². The van der Waals surface area contributed by atoms with Gasteiger partial charge in [0.25, 0.3) is 0 Å². The van der Waals surface area contributed by atoms with Crippen LogP contribution in [0.4, 0.5) is 0 Å². The van der Waals surface area contributed by atoms with Crippen LogP contribution in [0, 0.1) is 20.2 Å². The molecule has 0 amide bonds. The van der Waals surface area contributed by atoms with Gasteiger partial charge in [-0.2, -0.15) is 0 Å². The Hall–Kier alpha value is -1.99. The molecular formula is C18H25ClN4O8. The maximum atomic E-state index is 12.0. The summed E-state index contributed by atoms with van der Waals surface area (Å²) in [5, 5.41) is 22.2. The molecule has 4 saturated heterocycles. The third-order valence-electron chi connectivity index (χ3n) is 6.13. The molecule has 31 heavy (non-hydrogen) atoms. The molecule has 4 fully saturated rings. The molecule has 0 aromatic rings. The van der Waals surface area contributed by atoms with Crippen molar-refractivity contribution >= 4 is 11.6 Å². The molecule has 4 heterocycles. The maximum Gasteiger partial charge on any atom is 0.344 e. The number of piperidine rings is 2. The number of nitrogens with zero attached hydrogens (tertiary/aromatic N) is 4. The van der Waals surface area contributed by atoms with Gasteiger partial charge in [-0.25, -0.2) is 0 Å². The number of allylic oxidation sites excluding steroid dienone is 1. The van der Waals surface area contributed by atoms with E-state index in [1.165, 1.54) is 0 Å². The van der Waals surface area contributed by atoms with Crippen molar-refractivity contribution in [2.45, 2.75) is 37.3 Å². The van der Waals surface area contributed by atoms with Gasteiger partial charge < -0.3 is 28.7 Å². The molecule has 4 rings (SSSR count). The summed E-state index contributed by atoms with van der Waals surface area (Å²) in [5.41, 5.74) is -0.407. The second kappa shape index (κ2) is 8.87. The molecule has 0 N–H and O–H groups in total. The van der Waals surface area contributed by atoms with Crippen LogP contribution in [0.1, 0.15) is 25.7 Å². The molecule has 0 aromatic carbocycles. The van der Waals surface area contributed by atoms with E-state index in [-0.39, 0.29) is 0 Å². The van der Waals surface area contributed by atoms with Crippen LogP contribution in [-0.4, -0.2) is 83.8 Å². The fourth-order valence-electron chi connectivity index (χ4n) is 4.58. The number of nitro groups is 2. The Morgan fingerprint density at radius 2 is 1.16 bits per heavy atom. The van der Waals surface area contributed by atoms with Crippen molar-refractivity contribution in [2.24, 2.45) is 0 Å². The van der Waals surface area contributed by atoms with Gasteiger partial charge in [-0.15, -0.1) is 0 Å². The molecule has 4 aliphatic heterocycles. The van der Waals surface area contributed by atoms with Crippen LogP contribution >= 0.6 is 11.6 Å².